The van der Waals surface area contributed by atoms with Crippen LogP contribution in [0.25, 0.3) is 0 Å². The van der Waals surface area contributed by atoms with Gasteiger partial charge < -0.3 is 20.9 Å². The first-order valence-electron chi connectivity index (χ1n) is 6.71. The maximum Gasteiger partial charge on any atom is 0.216 e. The van der Waals surface area contributed by atoms with Crippen molar-refractivity contribution in [2.24, 2.45) is 0 Å². The van der Waals surface area contributed by atoms with Gasteiger partial charge in [0.05, 0.1) is 5.69 Å². The van der Waals surface area contributed by atoms with Crippen LogP contribution in [-0.2, 0) is 4.74 Å². The van der Waals surface area contributed by atoms with Crippen molar-refractivity contribution >= 4 is 11.5 Å². The van der Waals surface area contributed by atoms with Gasteiger partial charge in [-0.2, -0.15) is 0 Å². The Bertz CT molecular complexity index is 394. The molecule has 0 spiro atoms. The Hall–Kier alpha value is -1.37. The second kappa shape index (κ2) is 6.70. The number of piperidine rings is 1. The van der Waals surface area contributed by atoms with Crippen molar-refractivity contribution in [1.82, 2.24) is 9.88 Å². The molecule has 1 aromatic rings. The molecule has 2 rings (SSSR count). The highest BCUT2D eigenvalue weighted by Crippen LogP contribution is 2.20. The van der Waals surface area contributed by atoms with Gasteiger partial charge in [0, 0.05) is 31.9 Å². The van der Waals surface area contributed by atoms with Gasteiger partial charge in [-0.3, -0.25) is 4.90 Å². The summed E-state index contributed by atoms with van der Waals surface area (Å²) in [6.45, 7) is 3.99. The first-order chi connectivity index (χ1) is 9.20. The number of nitrogens with one attached hydrogen (secondary N) is 1. The number of hydrogen-bond donors (Lipinski definition) is 3. The van der Waals surface area contributed by atoms with Crippen LogP contribution >= 0.6 is 0 Å². The Morgan fingerprint density at radius 2 is 2.32 bits per heavy atom. The van der Waals surface area contributed by atoms with Crippen molar-refractivity contribution in [2.45, 2.75) is 32.2 Å². The van der Waals surface area contributed by atoms with Crippen LogP contribution in [0.5, 0.6) is 0 Å². The number of hydrogen-bond acceptors (Lipinski definition) is 6. The van der Waals surface area contributed by atoms with Crippen LogP contribution in [0.2, 0.25) is 0 Å². The van der Waals surface area contributed by atoms with E-state index in [1.54, 1.807) is 6.20 Å². The van der Waals surface area contributed by atoms with E-state index in [-0.39, 0.29) is 0 Å². The molecule has 0 radical (unpaired) electrons. The summed E-state index contributed by atoms with van der Waals surface area (Å²) in [6.07, 6.45) is 2.80. The van der Waals surface area contributed by atoms with Gasteiger partial charge in [-0.15, -0.1) is 0 Å². The fraction of sp³-hybridized carbons (Fsp3) is 0.615. The molecular weight excluding hydrogens is 244 g/mol. The molecule has 1 aromatic heterocycles. The zero-order valence-corrected chi connectivity index (χ0v) is 11.2. The number of ether oxygens (including phenoxy) is 1. The summed E-state index contributed by atoms with van der Waals surface area (Å²) < 4.78 is 5.18. The predicted octanol–water partition coefficient (Wildman–Crippen LogP) is 0.852. The van der Waals surface area contributed by atoms with E-state index in [4.69, 9.17) is 10.5 Å². The lowest BCUT2D eigenvalue weighted by Crippen LogP contribution is -2.45. The van der Waals surface area contributed by atoms with Crippen molar-refractivity contribution in [3.63, 3.8) is 0 Å². The molecule has 0 bridgehead atoms. The summed E-state index contributed by atoms with van der Waals surface area (Å²) in [6, 6.07) is 3.99. The number of aliphatic hydroxyl groups is 1. The van der Waals surface area contributed by atoms with Crippen molar-refractivity contribution in [3.8, 4) is 0 Å². The van der Waals surface area contributed by atoms with Crippen molar-refractivity contribution in [2.75, 3.05) is 30.7 Å². The van der Waals surface area contributed by atoms with E-state index in [0.717, 1.165) is 31.7 Å². The molecule has 1 aliphatic rings. The molecule has 0 amide bonds. The number of anilines is 2. The lowest BCUT2D eigenvalue weighted by atomic mass is 10.1. The molecule has 19 heavy (non-hydrogen) atoms. The van der Waals surface area contributed by atoms with E-state index >= 15 is 0 Å². The van der Waals surface area contributed by atoms with Gasteiger partial charge in [-0.25, -0.2) is 4.98 Å². The topological polar surface area (TPSA) is 83.6 Å². The number of nitrogens with two attached hydrogens (primary N) is 1. The van der Waals surface area contributed by atoms with Crippen molar-refractivity contribution < 1.29 is 9.84 Å². The first kappa shape index (κ1) is 14.0. The highest BCUT2D eigenvalue weighted by atomic mass is 16.6. The van der Waals surface area contributed by atoms with Gasteiger partial charge in [0.25, 0.3) is 0 Å². The Kier molecular flexibility index (Phi) is 4.95. The minimum atomic E-state index is -0.786. The third-order valence-electron chi connectivity index (χ3n) is 3.34. The number of aliphatic hydroxyl groups excluding tert-OH is 1. The Morgan fingerprint density at radius 1 is 1.58 bits per heavy atom. The van der Waals surface area contributed by atoms with Gasteiger partial charge in [0.15, 0.2) is 0 Å². The molecule has 1 fully saturated rings. The second-order valence-electron chi connectivity index (χ2n) is 4.68. The van der Waals surface area contributed by atoms with Crippen LogP contribution in [0, 0.1) is 0 Å². The quantitative estimate of drug-likeness (QED) is 0.685. The molecular formula is C13H22N4O2. The smallest absolute Gasteiger partial charge is 0.216 e. The molecule has 6 heteroatoms. The van der Waals surface area contributed by atoms with Gasteiger partial charge in [-0.1, -0.05) is 0 Å². The molecule has 106 valence electrons. The van der Waals surface area contributed by atoms with Crippen LogP contribution in [0.4, 0.5) is 11.5 Å². The Morgan fingerprint density at radius 3 is 2.95 bits per heavy atom. The van der Waals surface area contributed by atoms with Gasteiger partial charge in [-0.05, 0) is 31.9 Å². The van der Waals surface area contributed by atoms with E-state index in [9.17, 15) is 5.11 Å². The fourth-order valence-corrected chi connectivity index (χ4v) is 2.25. The molecule has 0 aromatic carbocycles. The first-order valence-corrected chi connectivity index (χ1v) is 6.71. The Labute approximate surface area is 113 Å². The standard InChI is InChI=1S/C13H22N4O2/c1-2-19-13(18)17-8-5-10(6-9-17)16-12-11(14)4-3-7-15-12/h3-4,7,10,13,18H,2,5-6,8-9,14H2,1H3,(H,15,16). The fourth-order valence-electron chi connectivity index (χ4n) is 2.25. The summed E-state index contributed by atoms with van der Waals surface area (Å²) in [5, 5.41) is 13.1. The highest BCUT2D eigenvalue weighted by Gasteiger charge is 2.24. The molecule has 0 aliphatic carbocycles. The van der Waals surface area contributed by atoms with E-state index in [1.807, 2.05) is 24.0 Å². The normalized spacial score (nSPS) is 19.3. The van der Waals surface area contributed by atoms with E-state index in [2.05, 4.69) is 10.3 Å². The molecule has 1 aliphatic heterocycles. The highest BCUT2D eigenvalue weighted by molar-refractivity contribution is 5.60. The van der Waals surface area contributed by atoms with Crippen LogP contribution in [0.15, 0.2) is 18.3 Å². The maximum atomic E-state index is 9.74. The SMILES string of the molecule is CCOC(O)N1CCC(Nc2ncccc2N)CC1. The number of nitrogens with zero attached hydrogens (tertiary/aromatic N) is 2. The molecule has 1 saturated heterocycles. The van der Waals surface area contributed by atoms with E-state index < -0.39 is 6.41 Å². The second-order valence-corrected chi connectivity index (χ2v) is 4.68. The summed E-state index contributed by atoms with van der Waals surface area (Å²) in [4.78, 5) is 6.17. The average molecular weight is 266 g/mol. The average Bonchev–Trinajstić information content (AvgIpc) is 2.42. The van der Waals surface area contributed by atoms with Crippen molar-refractivity contribution in [1.29, 1.82) is 0 Å². The van der Waals surface area contributed by atoms with Crippen LogP contribution < -0.4 is 11.1 Å². The maximum absolute atomic E-state index is 9.74. The molecule has 6 nitrogen and oxygen atoms in total. The summed E-state index contributed by atoms with van der Waals surface area (Å²) in [5.41, 5.74) is 6.52. The number of pyridine rings is 1. The zero-order valence-electron chi connectivity index (χ0n) is 11.2. The zero-order chi connectivity index (χ0) is 13.7. The third kappa shape index (κ3) is 3.79. The predicted molar refractivity (Wildman–Crippen MR) is 74.5 cm³/mol. The molecule has 4 N–H and O–H groups in total. The summed E-state index contributed by atoms with van der Waals surface area (Å²) >= 11 is 0. The largest absolute Gasteiger partial charge is 0.396 e. The van der Waals surface area contributed by atoms with E-state index in [0.29, 0.717) is 18.3 Å². The summed E-state index contributed by atoms with van der Waals surface area (Å²) in [5.74, 6) is 0.742. The van der Waals surface area contributed by atoms with E-state index in [1.165, 1.54) is 0 Å². The van der Waals surface area contributed by atoms with Gasteiger partial charge in [0.2, 0.25) is 6.41 Å². The van der Waals surface area contributed by atoms with Gasteiger partial charge in [0.1, 0.15) is 5.82 Å². The third-order valence-corrected chi connectivity index (χ3v) is 3.34. The van der Waals surface area contributed by atoms with Crippen LogP contribution in [0.1, 0.15) is 19.8 Å². The Balaban J connectivity index is 1.82. The van der Waals surface area contributed by atoms with Gasteiger partial charge >= 0.3 is 0 Å². The van der Waals surface area contributed by atoms with Crippen LogP contribution in [0.3, 0.4) is 0 Å². The minimum absolute atomic E-state index is 0.335. The number of rotatable bonds is 5. The lowest BCUT2D eigenvalue weighted by Gasteiger charge is -2.35. The van der Waals surface area contributed by atoms with Crippen LogP contribution in [-0.4, -0.2) is 47.1 Å². The minimum Gasteiger partial charge on any atom is -0.396 e. The summed E-state index contributed by atoms with van der Waals surface area (Å²) in [7, 11) is 0. The molecule has 1 unspecified atom stereocenters. The van der Waals surface area contributed by atoms with Crippen molar-refractivity contribution in [3.05, 3.63) is 18.3 Å². The number of nitrogen functional groups attached to an aromatic ring is 1. The molecule has 1 atom stereocenters. The molecule has 2 heterocycles. The lowest BCUT2D eigenvalue weighted by molar-refractivity contribution is -0.194. The monoisotopic (exact) mass is 266 g/mol. The number of aromatic nitrogens is 1. The molecule has 0 saturated carbocycles. The number of likely N-dealkylation sites (tertiary alicyclic amines) is 1.